The van der Waals surface area contributed by atoms with Gasteiger partial charge >= 0.3 is 0 Å². The fraction of sp³-hybridized carbons (Fsp3) is 1.00. The Morgan fingerprint density at radius 1 is 0.375 bits per heavy atom. The Bertz CT molecular complexity index is 343. The third-order valence-electron chi connectivity index (χ3n) is 6.90. The lowest BCUT2D eigenvalue weighted by Gasteiger charge is -2.11. The van der Waals surface area contributed by atoms with Crippen LogP contribution in [0.5, 0.6) is 0 Å². The van der Waals surface area contributed by atoms with Crippen LogP contribution in [0.3, 0.4) is 0 Å². The summed E-state index contributed by atoms with van der Waals surface area (Å²) < 4.78 is 1.34. The van der Waals surface area contributed by atoms with E-state index < -0.39 is 7.38 Å². The molecule has 0 bridgehead atoms. The summed E-state index contributed by atoms with van der Waals surface area (Å²) in [6.07, 6.45) is 36.7. The molecule has 0 aliphatic carbocycles. The van der Waals surface area contributed by atoms with Gasteiger partial charge in [-0.15, -0.1) is 0 Å². The summed E-state index contributed by atoms with van der Waals surface area (Å²) in [5.74, 6) is 0. The monoisotopic (exact) mass is 598 g/mol. The molecule has 0 fully saturated rings. The van der Waals surface area contributed by atoms with Gasteiger partial charge in [0.2, 0.25) is 0 Å². The first kappa shape index (κ1) is 33.2. The molecule has 0 aromatic carbocycles. The molecule has 0 aliphatic heterocycles. The standard InChI is InChI=1S/C29H60ClISi/c1-32(2,30)29-27-25-23-21-19-17-15-13-11-9-7-5-3-4-6-8-10-12-14-16-18-20-22-24-26-28-31/h3-29H2,1-2H3. The first-order valence-electron chi connectivity index (χ1n) is 14.8. The van der Waals surface area contributed by atoms with Gasteiger partial charge in [0.1, 0.15) is 7.38 Å². The van der Waals surface area contributed by atoms with Crippen molar-refractivity contribution in [2.75, 3.05) is 4.43 Å². The zero-order valence-electron chi connectivity index (χ0n) is 22.3. The predicted molar refractivity (Wildman–Crippen MR) is 162 cm³/mol. The summed E-state index contributed by atoms with van der Waals surface area (Å²) in [5.41, 5.74) is 0. The minimum absolute atomic E-state index is 1.30. The van der Waals surface area contributed by atoms with Crippen LogP contribution in [0.4, 0.5) is 0 Å². The van der Waals surface area contributed by atoms with Crippen molar-refractivity contribution in [1.29, 1.82) is 0 Å². The predicted octanol–water partition coefficient (Wildman–Crippen LogP) is 12.6. The highest BCUT2D eigenvalue weighted by molar-refractivity contribution is 14.1. The molecule has 0 aromatic rings. The van der Waals surface area contributed by atoms with E-state index in [1.165, 1.54) is 171 Å². The SMILES string of the molecule is C[Si](C)(Cl)CCCCCCCCCCCCCCCCCCCCCCCCCCCI. The zero-order valence-corrected chi connectivity index (χ0v) is 26.3. The Labute approximate surface area is 224 Å². The first-order chi connectivity index (χ1) is 15.6. The van der Waals surface area contributed by atoms with Crippen molar-refractivity contribution in [2.45, 2.75) is 180 Å². The highest BCUT2D eigenvalue weighted by Crippen LogP contribution is 2.20. The number of rotatable bonds is 27. The molecule has 0 radical (unpaired) electrons. The average molecular weight is 599 g/mol. The van der Waals surface area contributed by atoms with Gasteiger partial charge in [-0.05, 0) is 16.9 Å². The summed E-state index contributed by atoms with van der Waals surface area (Å²) in [7, 11) is -1.31. The van der Waals surface area contributed by atoms with Gasteiger partial charge in [0.05, 0.1) is 0 Å². The van der Waals surface area contributed by atoms with Crippen LogP contribution in [0.1, 0.15) is 161 Å². The Kier molecular flexibility index (Phi) is 27.9. The van der Waals surface area contributed by atoms with Crippen LogP contribution < -0.4 is 0 Å². The van der Waals surface area contributed by atoms with Crippen LogP contribution in [0.2, 0.25) is 19.1 Å². The summed E-state index contributed by atoms with van der Waals surface area (Å²) >= 11 is 8.88. The van der Waals surface area contributed by atoms with Crippen molar-refractivity contribution in [3.63, 3.8) is 0 Å². The Balaban J connectivity index is 3.02. The maximum absolute atomic E-state index is 6.38. The average Bonchev–Trinajstić information content (AvgIpc) is 2.75. The highest BCUT2D eigenvalue weighted by atomic mass is 127. The maximum Gasteiger partial charge on any atom is 0.150 e. The van der Waals surface area contributed by atoms with Crippen LogP contribution in [-0.2, 0) is 0 Å². The molecule has 0 spiro atoms. The Morgan fingerprint density at radius 3 is 0.750 bits per heavy atom. The van der Waals surface area contributed by atoms with E-state index in [1.807, 2.05) is 0 Å². The van der Waals surface area contributed by atoms with Crippen LogP contribution in [0.25, 0.3) is 0 Å². The van der Waals surface area contributed by atoms with E-state index in [4.69, 9.17) is 11.1 Å². The van der Waals surface area contributed by atoms with Crippen molar-refractivity contribution in [3.05, 3.63) is 0 Å². The van der Waals surface area contributed by atoms with Crippen molar-refractivity contribution in [1.82, 2.24) is 0 Å². The van der Waals surface area contributed by atoms with Crippen molar-refractivity contribution in [2.24, 2.45) is 0 Å². The fourth-order valence-corrected chi connectivity index (χ4v) is 6.74. The zero-order chi connectivity index (χ0) is 23.6. The fourth-order valence-electron chi connectivity index (χ4n) is 4.71. The van der Waals surface area contributed by atoms with Gasteiger partial charge in [0, 0.05) is 0 Å². The van der Waals surface area contributed by atoms with Gasteiger partial charge in [-0.1, -0.05) is 190 Å². The van der Waals surface area contributed by atoms with Gasteiger partial charge in [0.15, 0.2) is 0 Å². The normalized spacial score (nSPS) is 12.0. The van der Waals surface area contributed by atoms with E-state index >= 15 is 0 Å². The minimum Gasteiger partial charge on any atom is -0.168 e. The molecule has 3 heteroatoms. The van der Waals surface area contributed by atoms with E-state index in [2.05, 4.69) is 35.7 Å². The molecule has 0 aromatic heterocycles. The number of halogens is 2. The van der Waals surface area contributed by atoms with E-state index in [1.54, 1.807) is 0 Å². The number of hydrogen-bond acceptors (Lipinski definition) is 0. The van der Waals surface area contributed by atoms with Crippen molar-refractivity contribution >= 4 is 41.1 Å². The van der Waals surface area contributed by atoms with E-state index in [-0.39, 0.29) is 0 Å². The summed E-state index contributed by atoms with van der Waals surface area (Å²) in [5, 5.41) is 0. The van der Waals surface area contributed by atoms with E-state index in [9.17, 15) is 0 Å². The van der Waals surface area contributed by atoms with Crippen molar-refractivity contribution in [3.8, 4) is 0 Å². The minimum atomic E-state index is -1.31. The van der Waals surface area contributed by atoms with Gasteiger partial charge < -0.3 is 0 Å². The van der Waals surface area contributed by atoms with Gasteiger partial charge in [-0.2, -0.15) is 11.1 Å². The lowest BCUT2D eigenvalue weighted by Crippen LogP contribution is -2.14. The molecule has 0 rings (SSSR count). The molecule has 0 unspecified atom stereocenters. The second-order valence-electron chi connectivity index (χ2n) is 11.0. The smallest absolute Gasteiger partial charge is 0.150 e. The van der Waals surface area contributed by atoms with Crippen molar-refractivity contribution < 1.29 is 0 Å². The van der Waals surface area contributed by atoms with Crippen LogP contribution in [-0.4, -0.2) is 11.8 Å². The maximum atomic E-state index is 6.38. The highest BCUT2D eigenvalue weighted by Gasteiger charge is 2.15. The summed E-state index contributed by atoms with van der Waals surface area (Å²) in [6.45, 7) is 4.54. The van der Waals surface area contributed by atoms with Crippen LogP contribution >= 0.6 is 33.7 Å². The first-order valence-corrected chi connectivity index (χ1v) is 20.6. The molecule has 194 valence electrons. The Morgan fingerprint density at radius 2 is 0.562 bits per heavy atom. The second-order valence-corrected chi connectivity index (χ2v) is 19.1. The molecule has 0 N–H and O–H groups in total. The molecule has 0 amide bonds. The van der Waals surface area contributed by atoms with Crippen LogP contribution in [0.15, 0.2) is 0 Å². The second kappa shape index (κ2) is 26.8. The molecular formula is C29H60ClISi. The van der Waals surface area contributed by atoms with Crippen LogP contribution in [0, 0.1) is 0 Å². The lowest BCUT2D eigenvalue weighted by molar-refractivity contribution is 0.517. The molecule has 0 aliphatic rings. The van der Waals surface area contributed by atoms with E-state index in [0.29, 0.717) is 0 Å². The number of unbranched alkanes of at least 4 members (excludes halogenated alkanes) is 24. The number of hydrogen-bond donors (Lipinski definition) is 0. The van der Waals surface area contributed by atoms with Gasteiger partial charge in [0.25, 0.3) is 0 Å². The molecule has 0 atom stereocenters. The quantitative estimate of drug-likeness (QED) is 0.0290. The van der Waals surface area contributed by atoms with Gasteiger partial charge in [-0.25, -0.2) is 0 Å². The molecule has 0 saturated heterocycles. The largest absolute Gasteiger partial charge is 0.168 e. The molecule has 0 saturated carbocycles. The van der Waals surface area contributed by atoms with Gasteiger partial charge in [-0.3, -0.25) is 0 Å². The summed E-state index contributed by atoms with van der Waals surface area (Å²) in [6, 6.07) is 1.30. The Hall–Kier alpha value is 1.24. The third-order valence-corrected chi connectivity index (χ3v) is 9.78. The molecule has 0 nitrogen and oxygen atoms in total. The third kappa shape index (κ3) is 31.2. The summed E-state index contributed by atoms with van der Waals surface area (Å²) in [4.78, 5) is 0. The lowest BCUT2D eigenvalue weighted by atomic mass is 10.0. The molecular weight excluding hydrogens is 539 g/mol. The molecule has 32 heavy (non-hydrogen) atoms. The topological polar surface area (TPSA) is 0 Å². The van der Waals surface area contributed by atoms with E-state index in [0.717, 1.165) is 0 Å². The number of alkyl halides is 1. The molecule has 0 heterocycles.